The van der Waals surface area contributed by atoms with E-state index in [9.17, 15) is 15.3 Å². The number of ketones is 1. The summed E-state index contributed by atoms with van der Waals surface area (Å²) in [6.45, 7) is 12.5. The van der Waals surface area contributed by atoms with Crippen molar-refractivity contribution < 1.29 is 4.79 Å². The second kappa shape index (κ2) is 18.8. The van der Waals surface area contributed by atoms with Gasteiger partial charge in [-0.2, -0.15) is 10.5 Å². The number of benzene rings is 7. The van der Waals surface area contributed by atoms with Gasteiger partial charge in [0.05, 0.1) is 15.7 Å². The smallest absolute Gasteiger partial charge is 0.194 e. The van der Waals surface area contributed by atoms with Gasteiger partial charge in [-0.25, -0.2) is 15.0 Å². The first-order chi connectivity index (χ1) is 39.0. The van der Waals surface area contributed by atoms with Gasteiger partial charge in [0, 0.05) is 27.2 Å². The number of nitrogens with zero attached hydrogens (tertiary/aromatic N) is 6. The number of fused-ring (bicyclic) bond motifs is 8. The summed E-state index contributed by atoms with van der Waals surface area (Å²) < 4.78 is 0. The molecule has 80 heavy (non-hydrogen) atoms. The number of aryl methyl sites for hydroxylation is 4. The van der Waals surface area contributed by atoms with Crippen molar-refractivity contribution in [3.8, 4) is 54.2 Å². The Balaban J connectivity index is 1.01. The molecule has 4 aromatic heterocycles. The Bertz CT molecular complexity index is 4470. The van der Waals surface area contributed by atoms with E-state index in [0.29, 0.717) is 21.7 Å². The van der Waals surface area contributed by atoms with Gasteiger partial charge in [-0.15, -0.1) is 23.1 Å². The third-order valence-electron chi connectivity index (χ3n) is 16.1. The topological polar surface area (TPSA) is 116 Å². The van der Waals surface area contributed by atoms with E-state index in [4.69, 9.17) is 15.0 Å². The maximum absolute atomic E-state index is 13.8. The molecule has 0 spiro atoms. The number of thiazole rings is 3. The second-order valence-electron chi connectivity index (χ2n) is 20.6. The molecule has 14 rings (SSSR count). The number of allylic oxidation sites excluding steroid dienone is 3. The Morgan fingerprint density at radius 1 is 0.562 bits per heavy atom. The fourth-order valence-electron chi connectivity index (χ4n) is 12.4. The number of thiophene rings is 1. The number of thioether (sulfide) groups is 1. The van der Waals surface area contributed by atoms with Crippen LogP contribution in [0.5, 0.6) is 0 Å². The van der Waals surface area contributed by atoms with Crippen molar-refractivity contribution in [1.82, 2.24) is 15.0 Å². The van der Waals surface area contributed by atoms with Crippen molar-refractivity contribution in [3.63, 3.8) is 0 Å². The Hall–Kier alpha value is -8.46. The molecule has 3 aliphatic carbocycles. The lowest BCUT2D eigenvalue weighted by Gasteiger charge is -2.36. The van der Waals surface area contributed by atoms with Crippen molar-refractivity contribution in [2.24, 2.45) is 4.99 Å². The predicted molar refractivity (Wildman–Crippen MR) is 331 cm³/mol. The SMILES string of the molecule is C=Nc1sc(-c2ccc3c(c2)C(c2ccc(C)cc2)(c2ccc(C)cc2)c2cc4c(cc2-3)C(c2ccc(C)cc2)(c2ccc(C)cc2)c2cc(-c3nc5sc(/C=C6\C(=O)c7ccccc7C6=C(C#N)C#N)nc5s3)sc2-4)nc1SC. The van der Waals surface area contributed by atoms with Gasteiger partial charge in [0.25, 0.3) is 0 Å². The van der Waals surface area contributed by atoms with Crippen LogP contribution in [0.25, 0.3) is 63.3 Å². The highest BCUT2D eigenvalue weighted by Crippen LogP contribution is 2.65. The van der Waals surface area contributed by atoms with Gasteiger partial charge in [-0.3, -0.25) is 9.79 Å². The van der Waals surface area contributed by atoms with Crippen LogP contribution in [0.3, 0.4) is 0 Å². The average Bonchev–Trinajstić information content (AvgIpc) is 4.33. The van der Waals surface area contributed by atoms with Crippen molar-refractivity contribution in [1.29, 1.82) is 10.5 Å². The van der Waals surface area contributed by atoms with Crippen LogP contribution in [-0.2, 0) is 10.8 Å². The normalized spacial score (nSPS) is 14.6. The highest BCUT2D eigenvalue weighted by molar-refractivity contribution is 7.98. The Morgan fingerprint density at radius 2 is 1.10 bits per heavy atom. The summed E-state index contributed by atoms with van der Waals surface area (Å²) in [7, 11) is 0. The quantitative estimate of drug-likeness (QED) is 0.0612. The molecule has 0 saturated carbocycles. The van der Waals surface area contributed by atoms with E-state index in [0.717, 1.165) is 40.1 Å². The molecule has 0 aliphatic heterocycles. The van der Waals surface area contributed by atoms with Crippen LogP contribution < -0.4 is 0 Å². The van der Waals surface area contributed by atoms with Gasteiger partial charge >= 0.3 is 0 Å². The van der Waals surface area contributed by atoms with Gasteiger partial charge in [0.1, 0.15) is 42.8 Å². The number of aliphatic imine (C=N–C) groups is 1. The molecule has 7 nitrogen and oxygen atoms in total. The van der Waals surface area contributed by atoms with Crippen LogP contribution >= 0.6 is 57.1 Å². The first kappa shape index (κ1) is 49.8. The minimum absolute atomic E-state index is 0.107. The lowest BCUT2D eigenvalue weighted by atomic mass is 9.65. The zero-order valence-electron chi connectivity index (χ0n) is 43.9. The number of hydrogen-bond donors (Lipinski definition) is 0. The maximum Gasteiger partial charge on any atom is 0.194 e. The molecule has 0 bridgehead atoms. The molecule has 382 valence electrons. The van der Waals surface area contributed by atoms with Crippen LogP contribution in [0.2, 0.25) is 0 Å². The zero-order valence-corrected chi connectivity index (χ0v) is 48.0. The monoisotopic (exact) mass is 1120 g/mol. The molecule has 3 aliphatic rings. The van der Waals surface area contributed by atoms with Gasteiger partial charge in [-0.05, 0) is 138 Å². The number of aromatic nitrogens is 3. The van der Waals surface area contributed by atoms with E-state index >= 15 is 0 Å². The minimum atomic E-state index is -0.721. The number of rotatable bonds is 9. The third kappa shape index (κ3) is 7.30. The first-order valence-corrected chi connectivity index (χ1v) is 30.4. The summed E-state index contributed by atoms with van der Waals surface area (Å²) in [5.74, 6) is -0.236. The maximum atomic E-state index is 13.8. The van der Waals surface area contributed by atoms with Crippen LogP contribution in [-0.4, -0.2) is 33.7 Å². The van der Waals surface area contributed by atoms with E-state index in [2.05, 4.69) is 173 Å². The van der Waals surface area contributed by atoms with Crippen molar-refractivity contribution in [3.05, 3.63) is 252 Å². The molecule has 0 saturated heterocycles. The summed E-state index contributed by atoms with van der Waals surface area (Å²) in [6, 6.07) is 62.0. The third-order valence-corrected chi connectivity index (χ3v) is 21.2. The van der Waals surface area contributed by atoms with E-state index in [1.54, 1.807) is 58.7 Å². The van der Waals surface area contributed by atoms with Gasteiger partial charge in [0.2, 0.25) is 0 Å². The molecule has 7 aromatic carbocycles. The molecular formula is C68H44N6OS5. The number of carbonyl (C=O) groups excluding carboxylic acids is 1. The lowest BCUT2D eigenvalue weighted by Crippen LogP contribution is -2.30. The Morgan fingerprint density at radius 3 is 1.65 bits per heavy atom. The largest absolute Gasteiger partial charge is 0.289 e. The molecule has 11 aromatic rings. The Kier molecular flexibility index (Phi) is 11.7. The molecule has 0 atom stereocenters. The minimum Gasteiger partial charge on any atom is -0.289 e. The number of hydrogen-bond acceptors (Lipinski definition) is 12. The summed E-state index contributed by atoms with van der Waals surface area (Å²) in [6.07, 6.45) is 3.74. The highest BCUT2D eigenvalue weighted by atomic mass is 32.2. The molecule has 4 heterocycles. The van der Waals surface area contributed by atoms with Crippen LogP contribution in [0.4, 0.5) is 5.00 Å². The predicted octanol–water partition coefficient (Wildman–Crippen LogP) is 17.7. The molecule has 12 heteroatoms. The van der Waals surface area contributed by atoms with E-state index in [1.165, 1.54) is 111 Å². The molecule has 0 radical (unpaired) electrons. The van der Waals surface area contributed by atoms with E-state index in [1.807, 2.05) is 24.5 Å². The molecular weight excluding hydrogens is 1080 g/mol. The summed E-state index contributed by atoms with van der Waals surface area (Å²) in [4.78, 5) is 37.4. The number of carbonyl (C=O) groups is 1. The molecule has 0 N–H and O–H groups in total. The summed E-state index contributed by atoms with van der Waals surface area (Å²) >= 11 is 7.87. The van der Waals surface area contributed by atoms with Crippen LogP contribution in [0.15, 0.2) is 179 Å². The summed E-state index contributed by atoms with van der Waals surface area (Å²) in [5, 5.41) is 24.0. The van der Waals surface area contributed by atoms with Crippen molar-refractivity contribution in [2.45, 2.75) is 43.6 Å². The molecule has 0 amide bonds. The summed E-state index contributed by atoms with van der Waals surface area (Å²) in [5.41, 5.74) is 19.1. The first-order valence-electron chi connectivity index (χ1n) is 25.9. The van der Waals surface area contributed by atoms with Crippen molar-refractivity contribution in [2.75, 3.05) is 6.26 Å². The van der Waals surface area contributed by atoms with E-state index < -0.39 is 10.8 Å². The number of nitriles is 2. The fourth-order valence-corrected chi connectivity index (χ4v) is 17.3. The standard InChI is InChI=1S/C68H44N6OS5/c1-36-11-20-42(21-12-36)67(43-22-13-37(2)14-23-43)52-29-40(61-73-64(76-6)63(71-5)79-61)19-28-46(52)49-30-54-50(31-53(49)67)60-55(68(54,44-24-15-38(3)16-25-44)45-26-17-39(4)18-27-45)33-56(77-60)62-74-66-65(80-62)72-57(78-66)32-51-58(41(34-69)35-70)47-9-7-8-10-48(47)59(51)75/h7-33H,5H2,1-4,6H3/b51-32-. The molecule has 0 fully saturated rings. The van der Waals surface area contributed by atoms with Gasteiger partial charge < -0.3 is 0 Å². The van der Waals surface area contributed by atoms with Gasteiger partial charge in [0.15, 0.2) is 15.4 Å². The highest BCUT2D eigenvalue weighted by Gasteiger charge is 2.52. The number of Topliss-reactive ketones (excluding diaryl/α,β-unsaturated/α-hetero) is 1. The average molecular weight is 1120 g/mol. The fraction of sp³-hybridized carbons (Fsp3) is 0.103. The zero-order chi connectivity index (χ0) is 54.8. The van der Waals surface area contributed by atoms with E-state index in [-0.39, 0.29) is 16.9 Å². The molecule has 0 unspecified atom stereocenters. The van der Waals surface area contributed by atoms with Crippen LogP contribution in [0, 0.1) is 50.4 Å². The van der Waals surface area contributed by atoms with Crippen molar-refractivity contribution >= 4 is 95.9 Å². The lowest BCUT2D eigenvalue weighted by molar-refractivity contribution is 0.104. The van der Waals surface area contributed by atoms with Crippen LogP contribution in [0.1, 0.15) is 87.7 Å². The van der Waals surface area contributed by atoms with Gasteiger partial charge in [-0.1, -0.05) is 190 Å². The Labute approximate surface area is 483 Å². The second-order valence-corrected chi connectivity index (χ2v) is 25.4.